The predicted molar refractivity (Wildman–Crippen MR) is 122 cm³/mol. The molecule has 2 aliphatic carbocycles. The molecule has 2 aromatic carbocycles. The maximum absolute atomic E-state index is 14.8. The van der Waals surface area contributed by atoms with Crippen LogP contribution in [-0.2, 0) is 4.74 Å². The van der Waals surface area contributed by atoms with Crippen LogP contribution in [0.3, 0.4) is 0 Å². The Morgan fingerprint density at radius 1 is 0.676 bits per heavy atom. The summed E-state index contributed by atoms with van der Waals surface area (Å²) in [5.41, 5.74) is -0.735. The summed E-state index contributed by atoms with van der Waals surface area (Å²) in [5.74, 6) is -3.89. The molecular weight excluding hydrogens is 448 g/mol. The minimum Gasteiger partial charge on any atom is -0.491 e. The second kappa shape index (κ2) is 11.0. The van der Waals surface area contributed by atoms with Crippen LogP contribution < -0.4 is 9.47 Å². The first-order valence-corrected chi connectivity index (χ1v) is 12.3. The number of benzene rings is 2. The van der Waals surface area contributed by atoms with Crippen molar-refractivity contribution in [1.82, 2.24) is 0 Å². The lowest BCUT2D eigenvalue weighted by Gasteiger charge is -2.41. The second-order valence-electron chi connectivity index (χ2n) is 9.31. The van der Waals surface area contributed by atoms with E-state index in [0.717, 1.165) is 45.1 Å². The topological polar surface area (TPSA) is 27.7 Å². The number of rotatable bonds is 8. The summed E-state index contributed by atoms with van der Waals surface area (Å²) < 4.78 is 74.8. The van der Waals surface area contributed by atoms with Gasteiger partial charge in [-0.2, -0.15) is 8.78 Å². The number of hydrogen-bond acceptors (Lipinski definition) is 3. The van der Waals surface area contributed by atoms with Crippen molar-refractivity contribution < 1.29 is 31.8 Å². The lowest BCUT2D eigenvalue weighted by atomic mass is 9.67. The van der Waals surface area contributed by atoms with Gasteiger partial charge in [-0.1, -0.05) is 0 Å². The molecule has 4 atom stereocenters. The van der Waals surface area contributed by atoms with Crippen molar-refractivity contribution in [2.24, 2.45) is 17.8 Å². The number of ether oxygens (including phenoxy) is 3. The molecule has 4 unspecified atom stereocenters. The largest absolute Gasteiger partial charge is 0.491 e. The molecule has 2 saturated carbocycles. The molecule has 0 radical (unpaired) electrons. The molecule has 186 valence electrons. The van der Waals surface area contributed by atoms with Gasteiger partial charge >= 0.3 is 0 Å². The van der Waals surface area contributed by atoms with E-state index in [4.69, 9.17) is 14.2 Å². The molecule has 4 rings (SSSR count). The van der Waals surface area contributed by atoms with Crippen LogP contribution >= 0.6 is 0 Å². The quantitative estimate of drug-likeness (QED) is 0.371. The zero-order valence-electron chi connectivity index (χ0n) is 19.7. The summed E-state index contributed by atoms with van der Waals surface area (Å²) in [6, 6.07) is 4.88. The minimum atomic E-state index is -1.28. The van der Waals surface area contributed by atoms with Crippen molar-refractivity contribution in [3.8, 4) is 22.6 Å². The first kappa shape index (κ1) is 24.8. The van der Waals surface area contributed by atoms with E-state index in [2.05, 4.69) is 0 Å². The van der Waals surface area contributed by atoms with Crippen LogP contribution in [0, 0.1) is 41.0 Å². The Morgan fingerprint density at radius 2 is 1.26 bits per heavy atom. The Balaban J connectivity index is 1.40. The molecule has 0 amide bonds. The van der Waals surface area contributed by atoms with Crippen molar-refractivity contribution in [3.05, 3.63) is 47.5 Å². The smallest absolute Gasteiger partial charge is 0.201 e. The van der Waals surface area contributed by atoms with Crippen molar-refractivity contribution in [2.75, 3.05) is 19.8 Å². The lowest BCUT2D eigenvalue weighted by molar-refractivity contribution is -0.0172. The van der Waals surface area contributed by atoms with Crippen LogP contribution in [0.5, 0.6) is 11.5 Å². The summed E-state index contributed by atoms with van der Waals surface area (Å²) in [6.07, 6.45) is 6.78. The van der Waals surface area contributed by atoms with Crippen LogP contribution in [0.4, 0.5) is 17.6 Å². The summed E-state index contributed by atoms with van der Waals surface area (Å²) in [6.45, 7) is 4.87. The fourth-order valence-electron chi connectivity index (χ4n) is 5.55. The maximum Gasteiger partial charge on any atom is 0.201 e. The summed E-state index contributed by atoms with van der Waals surface area (Å²) in [5, 5.41) is 0. The van der Waals surface area contributed by atoms with Crippen LogP contribution in [-0.4, -0.2) is 25.9 Å². The van der Waals surface area contributed by atoms with Gasteiger partial charge in [0.05, 0.1) is 19.3 Å². The van der Waals surface area contributed by atoms with Crippen LogP contribution in [0.25, 0.3) is 11.1 Å². The molecule has 0 aliphatic heterocycles. The maximum atomic E-state index is 14.8. The van der Waals surface area contributed by atoms with E-state index in [1.54, 1.807) is 6.92 Å². The Bertz CT molecular complexity index is 996. The van der Waals surface area contributed by atoms with Crippen molar-refractivity contribution in [2.45, 2.75) is 58.5 Å². The van der Waals surface area contributed by atoms with Crippen LogP contribution in [0.15, 0.2) is 24.3 Å². The van der Waals surface area contributed by atoms with Gasteiger partial charge in [0.25, 0.3) is 0 Å². The molecule has 0 aromatic heterocycles. The molecule has 0 spiro atoms. The fourth-order valence-corrected chi connectivity index (χ4v) is 5.55. The molecule has 2 aliphatic rings. The SMILES string of the molecule is CCOc1ccc(-c2ccc(OCC3CCC4CC(OCC)CCC4C3)c(F)c2F)c(F)c1F. The third-order valence-corrected chi connectivity index (χ3v) is 7.23. The average molecular weight is 481 g/mol. The van der Waals surface area contributed by atoms with Crippen LogP contribution in [0.1, 0.15) is 52.4 Å². The molecule has 7 heteroatoms. The van der Waals surface area contributed by atoms with E-state index in [1.165, 1.54) is 24.3 Å². The first-order chi connectivity index (χ1) is 16.4. The van der Waals surface area contributed by atoms with Gasteiger partial charge in [0.2, 0.25) is 11.6 Å². The highest BCUT2D eigenvalue weighted by Gasteiger charge is 2.36. The molecule has 0 saturated heterocycles. The summed E-state index contributed by atoms with van der Waals surface area (Å²) in [4.78, 5) is 0. The molecule has 0 heterocycles. The van der Waals surface area contributed by atoms with E-state index in [-0.39, 0.29) is 35.2 Å². The number of halogens is 4. The van der Waals surface area contributed by atoms with Gasteiger partial charge in [-0.25, -0.2) is 8.78 Å². The van der Waals surface area contributed by atoms with Crippen LogP contribution in [0.2, 0.25) is 0 Å². The monoisotopic (exact) mass is 480 g/mol. The van der Waals surface area contributed by atoms with E-state index < -0.39 is 23.3 Å². The van der Waals surface area contributed by atoms with Gasteiger partial charge < -0.3 is 14.2 Å². The number of hydrogen-bond donors (Lipinski definition) is 0. The highest BCUT2D eigenvalue weighted by molar-refractivity contribution is 5.67. The third-order valence-electron chi connectivity index (χ3n) is 7.23. The Labute approximate surface area is 198 Å². The first-order valence-electron chi connectivity index (χ1n) is 12.3. The molecule has 0 N–H and O–H groups in total. The van der Waals surface area contributed by atoms with Crippen molar-refractivity contribution in [1.29, 1.82) is 0 Å². The third kappa shape index (κ3) is 5.19. The Morgan fingerprint density at radius 3 is 1.88 bits per heavy atom. The van der Waals surface area contributed by atoms with Gasteiger partial charge in [0, 0.05) is 17.7 Å². The minimum absolute atomic E-state index is 0.154. The van der Waals surface area contributed by atoms with E-state index >= 15 is 0 Å². The molecule has 34 heavy (non-hydrogen) atoms. The number of fused-ring (bicyclic) bond motifs is 1. The predicted octanol–water partition coefficient (Wildman–Crippen LogP) is 7.31. The molecule has 2 fully saturated rings. The highest BCUT2D eigenvalue weighted by Crippen LogP contribution is 2.44. The molecule has 0 bridgehead atoms. The second-order valence-corrected chi connectivity index (χ2v) is 9.31. The van der Waals surface area contributed by atoms with Crippen molar-refractivity contribution in [3.63, 3.8) is 0 Å². The molecule has 3 nitrogen and oxygen atoms in total. The Hall–Kier alpha value is -2.28. The van der Waals surface area contributed by atoms with Gasteiger partial charge in [0.15, 0.2) is 23.1 Å². The zero-order chi connectivity index (χ0) is 24.2. The average Bonchev–Trinajstić information content (AvgIpc) is 2.84. The fraction of sp³-hybridized carbons (Fsp3) is 0.556. The normalized spacial score (nSPS) is 24.5. The van der Waals surface area contributed by atoms with Gasteiger partial charge in [-0.3, -0.25) is 0 Å². The molecular formula is C27H32F4O3. The van der Waals surface area contributed by atoms with E-state index in [9.17, 15) is 17.6 Å². The highest BCUT2D eigenvalue weighted by atomic mass is 19.2. The standard InChI is InChI=1S/C27H32F4O3/c1-3-32-19-8-7-17-13-16(5-6-18(17)14-19)15-34-23-12-10-21(25(29)27(23)31)20-9-11-22(33-4-2)26(30)24(20)28/h9-12,16-19H,3-8,13-15H2,1-2H3. The zero-order valence-corrected chi connectivity index (χ0v) is 19.7. The Kier molecular flexibility index (Phi) is 8.02. The van der Waals surface area contributed by atoms with Gasteiger partial charge in [-0.05, 0) is 94.4 Å². The van der Waals surface area contributed by atoms with Gasteiger partial charge in [0.1, 0.15) is 0 Å². The summed E-state index contributed by atoms with van der Waals surface area (Å²) in [7, 11) is 0. The molecule has 2 aromatic rings. The van der Waals surface area contributed by atoms with E-state index in [1.807, 2.05) is 6.92 Å². The summed E-state index contributed by atoms with van der Waals surface area (Å²) >= 11 is 0. The lowest BCUT2D eigenvalue weighted by Crippen LogP contribution is -2.35. The van der Waals surface area contributed by atoms with E-state index in [0.29, 0.717) is 24.5 Å². The van der Waals surface area contributed by atoms with Gasteiger partial charge in [-0.15, -0.1) is 0 Å². The van der Waals surface area contributed by atoms with Crippen molar-refractivity contribution >= 4 is 0 Å².